The number of hydrogen-bond donors (Lipinski definition) is 1. The average Bonchev–Trinajstić information content (AvgIpc) is 3.10. The van der Waals surface area contributed by atoms with Crippen molar-refractivity contribution in [2.45, 2.75) is 26.4 Å². The van der Waals surface area contributed by atoms with Crippen molar-refractivity contribution in [3.63, 3.8) is 0 Å². The molecule has 0 radical (unpaired) electrons. The summed E-state index contributed by atoms with van der Waals surface area (Å²) in [6, 6.07) is 7.59. The molecule has 1 amide bonds. The third kappa shape index (κ3) is 3.34. The van der Waals surface area contributed by atoms with E-state index in [1.165, 1.54) is 0 Å². The lowest BCUT2D eigenvalue weighted by molar-refractivity contribution is -0.121. The number of nitrogens with one attached hydrogen (secondary N) is 1. The van der Waals surface area contributed by atoms with Gasteiger partial charge >= 0.3 is 0 Å². The summed E-state index contributed by atoms with van der Waals surface area (Å²) in [5, 5.41) is 7.14. The molecule has 0 atom stereocenters. The monoisotopic (exact) mass is 287 g/mol. The Morgan fingerprint density at radius 1 is 1.33 bits per heavy atom. The molecule has 2 aromatic rings. The molecule has 3 rings (SSSR count). The van der Waals surface area contributed by atoms with Crippen LogP contribution in [0, 0.1) is 6.92 Å². The Hall–Kier alpha value is -2.50. The summed E-state index contributed by atoms with van der Waals surface area (Å²) >= 11 is 0. The predicted molar refractivity (Wildman–Crippen MR) is 76.0 cm³/mol. The normalized spacial score (nSPS) is 12.4. The summed E-state index contributed by atoms with van der Waals surface area (Å²) in [6.45, 7) is 3.25. The van der Waals surface area contributed by atoms with Crippen LogP contribution in [0.1, 0.15) is 17.7 Å². The molecular weight excluding hydrogens is 270 g/mol. The molecule has 0 fully saturated rings. The van der Waals surface area contributed by atoms with Gasteiger partial charge in [0.05, 0.1) is 5.69 Å². The van der Waals surface area contributed by atoms with Gasteiger partial charge in [-0.3, -0.25) is 9.48 Å². The summed E-state index contributed by atoms with van der Waals surface area (Å²) in [6.07, 6.45) is 2.28. The highest BCUT2D eigenvalue weighted by atomic mass is 16.7. The van der Waals surface area contributed by atoms with Gasteiger partial charge in [0.2, 0.25) is 12.7 Å². The Morgan fingerprint density at radius 2 is 2.19 bits per heavy atom. The molecule has 21 heavy (non-hydrogen) atoms. The largest absolute Gasteiger partial charge is 0.454 e. The quantitative estimate of drug-likeness (QED) is 0.907. The second-order valence-electron chi connectivity index (χ2n) is 4.93. The van der Waals surface area contributed by atoms with Crippen molar-refractivity contribution in [2.75, 3.05) is 6.79 Å². The molecule has 0 unspecified atom stereocenters. The molecule has 1 aromatic carbocycles. The minimum atomic E-state index is 0.000759. The van der Waals surface area contributed by atoms with Crippen LogP contribution in [0.4, 0.5) is 0 Å². The van der Waals surface area contributed by atoms with Gasteiger partial charge in [-0.25, -0.2) is 0 Å². The second kappa shape index (κ2) is 5.87. The van der Waals surface area contributed by atoms with Crippen LogP contribution >= 0.6 is 0 Å². The Bertz CT molecular complexity index is 651. The number of benzene rings is 1. The van der Waals surface area contributed by atoms with Crippen LogP contribution < -0.4 is 14.8 Å². The summed E-state index contributed by atoms with van der Waals surface area (Å²) in [5.74, 6) is 1.48. The zero-order valence-corrected chi connectivity index (χ0v) is 11.8. The van der Waals surface area contributed by atoms with E-state index in [0.29, 0.717) is 19.5 Å². The first-order valence-corrected chi connectivity index (χ1v) is 6.86. The van der Waals surface area contributed by atoms with E-state index in [9.17, 15) is 4.79 Å². The van der Waals surface area contributed by atoms with E-state index in [2.05, 4.69) is 10.4 Å². The third-order valence-corrected chi connectivity index (χ3v) is 3.27. The highest BCUT2D eigenvalue weighted by molar-refractivity contribution is 5.75. The zero-order valence-electron chi connectivity index (χ0n) is 11.8. The first kappa shape index (κ1) is 13.5. The molecule has 1 aliphatic rings. The van der Waals surface area contributed by atoms with Crippen LogP contribution in [0.3, 0.4) is 0 Å². The molecule has 0 aliphatic carbocycles. The number of rotatable bonds is 5. The van der Waals surface area contributed by atoms with Crippen LogP contribution in [0.25, 0.3) is 0 Å². The molecular formula is C15H17N3O3. The van der Waals surface area contributed by atoms with E-state index in [1.54, 1.807) is 4.68 Å². The molecule has 6 heteroatoms. The Labute approximate surface area is 122 Å². The van der Waals surface area contributed by atoms with E-state index in [-0.39, 0.29) is 12.7 Å². The minimum Gasteiger partial charge on any atom is -0.454 e. The van der Waals surface area contributed by atoms with Crippen LogP contribution in [0.2, 0.25) is 0 Å². The van der Waals surface area contributed by atoms with Gasteiger partial charge in [0.1, 0.15) is 0 Å². The predicted octanol–water partition coefficient (Wildman–Crippen LogP) is 1.63. The topological polar surface area (TPSA) is 65.4 Å². The van der Waals surface area contributed by atoms with Gasteiger partial charge in [-0.1, -0.05) is 6.07 Å². The van der Waals surface area contributed by atoms with Crippen molar-refractivity contribution >= 4 is 5.91 Å². The van der Waals surface area contributed by atoms with Gasteiger partial charge in [0.15, 0.2) is 11.5 Å². The average molecular weight is 287 g/mol. The molecule has 0 bridgehead atoms. The molecule has 0 saturated carbocycles. The van der Waals surface area contributed by atoms with Crippen molar-refractivity contribution in [3.05, 3.63) is 41.7 Å². The fourth-order valence-electron chi connectivity index (χ4n) is 2.14. The van der Waals surface area contributed by atoms with Crippen molar-refractivity contribution in [3.8, 4) is 11.5 Å². The molecule has 1 aromatic heterocycles. The molecule has 0 saturated heterocycles. The number of carbonyl (C=O) groups excluding carboxylic acids is 1. The van der Waals surface area contributed by atoms with Crippen molar-refractivity contribution in [2.24, 2.45) is 0 Å². The Balaban J connectivity index is 1.47. The van der Waals surface area contributed by atoms with Gasteiger partial charge < -0.3 is 14.8 Å². The van der Waals surface area contributed by atoms with E-state index in [1.807, 2.05) is 37.4 Å². The smallest absolute Gasteiger partial charge is 0.231 e. The standard InChI is InChI=1S/C15H17N3O3/c1-11-4-6-18(17-11)7-5-15(19)16-9-12-2-3-13-14(8-12)21-10-20-13/h2-4,6,8H,5,7,9-10H2,1H3,(H,16,19). The van der Waals surface area contributed by atoms with Gasteiger partial charge in [0, 0.05) is 25.7 Å². The lowest BCUT2D eigenvalue weighted by Crippen LogP contribution is -2.24. The van der Waals surface area contributed by atoms with Gasteiger partial charge in [-0.2, -0.15) is 5.10 Å². The summed E-state index contributed by atoms with van der Waals surface area (Å²) < 4.78 is 12.3. The van der Waals surface area contributed by atoms with E-state index in [4.69, 9.17) is 9.47 Å². The van der Waals surface area contributed by atoms with E-state index >= 15 is 0 Å². The molecule has 1 aliphatic heterocycles. The van der Waals surface area contributed by atoms with Gasteiger partial charge in [-0.15, -0.1) is 0 Å². The van der Waals surface area contributed by atoms with Crippen LogP contribution in [-0.4, -0.2) is 22.5 Å². The van der Waals surface area contributed by atoms with Crippen LogP contribution in [0.5, 0.6) is 11.5 Å². The molecule has 110 valence electrons. The fraction of sp³-hybridized carbons (Fsp3) is 0.333. The van der Waals surface area contributed by atoms with Gasteiger partial charge in [-0.05, 0) is 30.7 Å². The number of fused-ring (bicyclic) bond motifs is 1. The van der Waals surface area contributed by atoms with Crippen LogP contribution in [-0.2, 0) is 17.9 Å². The van der Waals surface area contributed by atoms with E-state index < -0.39 is 0 Å². The Morgan fingerprint density at radius 3 is 3.00 bits per heavy atom. The first-order valence-electron chi connectivity index (χ1n) is 6.86. The second-order valence-corrected chi connectivity index (χ2v) is 4.93. The number of nitrogens with zero attached hydrogens (tertiary/aromatic N) is 2. The number of ether oxygens (including phenoxy) is 2. The highest BCUT2D eigenvalue weighted by Gasteiger charge is 2.13. The summed E-state index contributed by atoms with van der Waals surface area (Å²) in [7, 11) is 0. The van der Waals surface area contributed by atoms with Gasteiger partial charge in [0.25, 0.3) is 0 Å². The number of aromatic nitrogens is 2. The summed E-state index contributed by atoms with van der Waals surface area (Å²) in [4.78, 5) is 11.8. The lowest BCUT2D eigenvalue weighted by Gasteiger charge is -2.06. The SMILES string of the molecule is Cc1ccn(CCC(=O)NCc2ccc3c(c2)OCO3)n1. The zero-order chi connectivity index (χ0) is 14.7. The molecule has 0 spiro atoms. The van der Waals surface area contributed by atoms with Crippen molar-refractivity contribution < 1.29 is 14.3 Å². The van der Waals surface area contributed by atoms with Crippen molar-refractivity contribution in [1.29, 1.82) is 0 Å². The summed E-state index contributed by atoms with van der Waals surface area (Å²) in [5.41, 5.74) is 1.94. The number of amides is 1. The van der Waals surface area contributed by atoms with Crippen LogP contribution in [0.15, 0.2) is 30.5 Å². The third-order valence-electron chi connectivity index (χ3n) is 3.27. The molecule has 1 N–H and O–H groups in total. The van der Waals surface area contributed by atoms with Crippen molar-refractivity contribution in [1.82, 2.24) is 15.1 Å². The fourth-order valence-corrected chi connectivity index (χ4v) is 2.14. The maximum absolute atomic E-state index is 11.8. The maximum Gasteiger partial charge on any atom is 0.231 e. The Kier molecular flexibility index (Phi) is 3.77. The number of aryl methyl sites for hydroxylation is 2. The molecule has 6 nitrogen and oxygen atoms in total. The first-order chi connectivity index (χ1) is 10.2. The lowest BCUT2D eigenvalue weighted by atomic mass is 10.2. The highest BCUT2D eigenvalue weighted by Crippen LogP contribution is 2.32. The van der Waals surface area contributed by atoms with E-state index in [0.717, 1.165) is 22.8 Å². The number of carbonyl (C=O) groups is 1. The minimum absolute atomic E-state index is 0.000759. The molecule has 2 heterocycles. The number of hydrogen-bond acceptors (Lipinski definition) is 4. The maximum atomic E-state index is 11.8.